The normalized spacial score (nSPS) is 16.0. The maximum absolute atomic E-state index is 5.31. The molecule has 1 saturated heterocycles. The van der Waals surface area contributed by atoms with Crippen LogP contribution in [0.25, 0.3) is 11.0 Å². The van der Waals surface area contributed by atoms with Crippen LogP contribution < -0.4 is 10.1 Å². The van der Waals surface area contributed by atoms with Crippen LogP contribution in [0.1, 0.15) is 24.4 Å². The number of nitrogens with zero attached hydrogens (tertiary/aromatic N) is 5. The third kappa shape index (κ3) is 3.64. The minimum atomic E-state index is 0.277. The predicted molar refractivity (Wildman–Crippen MR) is 109 cm³/mol. The van der Waals surface area contributed by atoms with Crippen LogP contribution in [0.2, 0.25) is 0 Å². The average molecular weight is 431 g/mol. The molecule has 1 aliphatic rings. The van der Waals surface area contributed by atoms with Gasteiger partial charge in [-0.15, -0.1) is 0 Å². The van der Waals surface area contributed by atoms with Crippen LogP contribution in [0.4, 0.5) is 5.82 Å². The lowest BCUT2D eigenvalue weighted by Gasteiger charge is -2.28. The molecule has 1 unspecified atom stereocenters. The lowest BCUT2D eigenvalue weighted by atomic mass is 10.1. The predicted octanol–water partition coefficient (Wildman–Crippen LogP) is 3.38. The second-order valence-electron chi connectivity index (χ2n) is 6.75. The van der Waals surface area contributed by atoms with Crippen molar-refractivity contribution in [2.24, 2.45) is 7.05 Å². The number of likely N-dealkylation sites (tertiary alicyclic amines) is 1. The third-order valence-corrected chi connectivity index (χ3v) is 5.68. The van der Waals surface area contributed by atoms with Crippen molar-refractivity contribution in [3.8, 4) is 5.75 Å². The van der Waals surface area contributed by atoms with E-state index in [-0.39, 0.29) is 6.04 Å². The smallest absolute Gasteiger partial charge is 0.164 e. The Balaban J connectivity index is 1.60. The lowest BCUT2D eigenvalue weighted by molar-refractivity contribution is 0.255. The number of ether oxygens (including phenoxy) is 1. The average Bonchev–Trinajstić information content (AvgIpc) is 3.32. The molecule has 3 heterocycles. The highest BCUT2D eigenvalue weighted by Gasteiger charge is 2.24. The highest BCUT2D eigenvalue weighted by molar-refractivity contribution is 9.10. The fourth-order valence-corrected chi connectivity index (χ4v) is 4.31. The maximum atomic E-state index is 5.31. The zero-order chi connectivity index (χ0) is 18.8. The number of hydrogen-bond donors (Lipinski definition) is 1. The molecule has 1 fully saturated rings. The number of benzene rings is 1. The molecule has 1 atom stereocenters. The molecule has 0 saturated carbocycles. The summed E-state index contributed by atoms with van der Waals surface area (Å²) in [7, 11) is 3.58. The summed E-state index contributed by atoms with van der Waals surface area (Å²) in [5.74, 6) is 1.68. The second-order valence-corrected chi connectivity index (χ2v) is 7.50. The molecule has 0 amide bonds. The van der Waals surface area contributed by atoms with Crippen molar-refractivity contribution < 1.29 is 4.74 Å². The summed E-state index contributed by atoms with van der Waals surface area (Å²) in [5.41, 5.74) is 2.09. The van der Waals surface area contributed by atoms with E-state index in [0.29, 0.717) is 0 Å². The number of aryl methyl sites for hydroxylation is 1. The van der Waals surface area contributed by atoms with Crippen LogP contribution in [-0.2, 0) is 7.05 Å². The van der Waals surface area contributed by atoms with E-state index < -0.39 is 0 Å². The topological polar surface area (TPSA) is 68.1 Å². The number of methoxy groups -OCH3 is 1. The number of halogens is 1. The van der Waals surface area contributed by atoms with Crippen LogP contribution in [0.5, 0.6) is 5.75 Å². The molecule has 142 valence electrons. The zero-order valence-corrected chi connectivity index (χ0v) is 17.1. The molecule has 8 heteroatoms. The van der Waals surface area contributed by atoms with Gasteiger partial charge in [-0.3, -0.25) is 4.90 Å². The van der Waals surface area contributed by atoms with Crippen molar-refractivity contribution in [3.05, 3.63) is 40.8 Å². The molecule has 7 nitrogen and oxygen atoms in total. The lowest BCUT2D eigenvalue weighted by Crippen LogP contribution is -2.31. The third-order valence-electron chi connectivity index (χ3n) is 5.12. The van der Waals surface area contributed by atoms with E-state index in [2.05, 4.69) is 53.3 Å². The Hall–Kier alpha value is -2.19. The first-order valence-electron chi connectivity index (χ1n) is 9.12. The zero-order valence-electron chi connectivity index (χ0n) is 15.5. The number of anilines is 1. The van der Waals surface area contributed by atoms with Crippen LogP contribution in [0, 0.1) is 0 Å². The maximum Gasteiger partial charge on any atom is 0.164 e. The van der Waals surface area contributed by atoms with Gasteiger partial charge < -0.3 is 10.1 Å². The van der Waals surface area contributed by atoms with Gasteiger partial charge in [0.2, 0.25) is 0 Å². The van der Waals surface area contributed by atoms with Gasteiger partial charge in [-0.1, -0.05) is 12.1 Å². The Morgan fingerprint density at radius 2 is 1.93 bits per heavy atom. The Kier molecular flexibility index (Phi) is 5.27. The number of rotatable bonds is 6. The molecule has 0 bridgehead atoms. The van der Waals surface area contributed by atoms with E-state index in [1.807, 2.05) is 19.2 Å². The summed E-state index contributed by atoms with van der Waals surface area (Å²) in [6.07, 6.45) is 4.08. The van der Waals surface area contributed by atoms with Crippen molar-refractivity contribution in [1.82, 2.24) is 24.6 Å². The van der Waals surface area contributed by atoms with Gasteiger partial charge in [-0.05, 0) is 59.6 Å². The molecular weight excluding hydrogens is 408 g/mol. The van der Waals surface area contributed by atoms with Crippen molar-refractivity contribution in [2.75, 3.05) is 32.1 Å². The van der Waals surface area contributed by atoms with Gasteiger partial charge in [-0.25, -0.2) is 14.6 Å². The fourth-order valence-electron chi connectivity index (χ4n) is 3.71. The molecule has 0 spiro atoms. The standard InChI is InChI=1S/C19H23BrN6O/c1-25-19-16(17(20)24-25)18(22-12-23-19)21-11-15(26-9-3-4-10-26)13-5-7-14(27-2)8-6-13/h5-8,12,15H,3-4,9-11H2,1-2H3,(H,21,22,23). The van der Waals surface area contributed by atoms with Crippen LogP contribution in [-0.4, -0.2) is 51.4 Å². The van der Waals surface area contributed by atoms with Gasteiger partial charge in [0, 0.05) is 13.6 Å². The molecule has 27 heavy (non-hydrogen) atoms. The first kappa shape index (κ1) is 18.2. The molecule has 1 N–H and O–H groups in total. The number of aromatic nitrogens is 4. The van der Waals surface area contributed by atoms with Gasteiger partial charge in [0.15, 0.2) is 5.65 Å². The van der Waals surface area contributed by atoms with Crippen molar-refractivity contribution in [2.45, 2.75) is 18.9 Å². The number of fused-ring (bicyclic) bond motifs is 1. The van der Waals surface area contributed by atoms with Gasteiger partial charge in [-0.2, -0.15) is 5.10 Å². The molecule has 0 aliphatic carbocycles. The SMILES string of the molecule is COc1ccc(C(CNc2ncnc3c2c(Br)nn3C)N2CCCC2)cc1. The van der Waals surface area contributed by atoms with Crippen LogP contribution in [0.15, 0.2) is 35.2 Å². The van der Waals surface area contributed by atoms with Crippen LogP contribution in [0.3, 0.4) is 0 Å². The summed E-state index contributed by atoms with van der Waals surface area (Å²) in [4.78, 5) is 11.3. The highest BCUT2D eigenvalue weighted by atomic mass is 79.9. The highest BCUT2D eigenvalue weighted by Crippen LogP contribution is 2.30. The van der Waals surface area contributed by atoms with E-state index in [1.54, 1.807) is 18.1 Å². The van der Waals surface area contributed by atoms with E-state index in [9.17, 15) is 0 Å². The Morgan fingerprint density at radius 3 is 2.63 bits per heavy atom. The van der Waals surface area contributed by atoms with Gasteiger partial charge in [0.05, 0.1) is 18.5 Å². The summed E-state index contributed by atoms with van der Waals surface area (Å²) in [6.45, 7) is 3.00. The quantitative estimate of drug-likeness (QED) is 0.646. The Bertz CT molecular complexity index is 920. The first-order valence-corrected chi connectivity index (χ1v) is 9.91. The molecule has 1 aromatic carbocycles. The molecular formula is C19H23BrN6O. The van der Waals surface area contributed by atoms with E-state index in [0.717, 1.165) is 46.8 Å². The number of hydrogen-bond acceptors (Lipinski definition) is 6. The molecule has 0 radical (unpaired) electrons. The van der Waals surface area contributed by atoms with Gasteiger partial charge >= 0.3 is 0 Å². The first-order chi connectivity index (χ1) is 13.2. The summed E-state index contributed by atoms with van der Waals surface area (Å²) in [5, 5.41) is 8.85. The molecule has 2 aromatic heterocycles. The van der Waals surface area contributed by atoms with Crippen molar-refractivity contribution in [3.63, 3.8) is 0 Å². The second kappa shape index (κ2) is 7.82. The van der Waals surface area contributed by atoms with Crippen LogP contribution >= 0.6 is 15.9 Å². The summed E-state index contributed by atoms with van der Waals surface area (Å²) < 4.78 is 7.82. The van der Waals surface area contributed by atoms with E-state index >= 15 is 0 Å². The minimum absolute atomic E-state index is 0.277. The molecule has 1 aliphatic heterocycles. The van der Waals surface area contributed by atoms with Gasteiger partial charge in [0.25, 0.3) is 0 Å². The van der Waals surface area contributed by atoms with E-state index in [4.69, 9.17) is 4.74 Å². The molecule has 3 aromatic rings. The summed E-state index contributed by atoms with van der Waals surface area (Å²) >= 11 is 3.53. The largest absolute Gasteiger partial charge is 0.497 e. The fraction of sp³-hybridized carbons (Fsp3) is 0.421. The molecule has 4 rings (SSSR count). The monoisotopic (exact) mass is 430 g/mol. The minimum Gasteiger partial charge on any atom is -0.497 e. The van der Waals surface area contributed by atoms with Crippen molar-refractivity contribution >= 4 is 32.8 Å². The van der Waals surface area contributed by atoms with Crippen molar-refractivity contribution in [1.29, 1.82) is 0 Å². The van der Waals surface area contributed by atoms with E-state index in [1.165, 1.54) is 18.4 Å². The number of nitrogens with one attached hydrogen (secondary N) is 1. The van der Waals surface area contributed by atoms with Gasteiger partial charge in [0.1, 0.15) is 22.5 Å². The Labute approximate surface area is 166 Å². The summed E-state index contributed by atoms with van der Waals surface area (Å²) in [6, 6.07) is 8.63. The Morgan fingerprint density at radius 1 is 1.19 bits per heavy atom.